The Balaban J connectivity index is 1.54. The summed E-state index contributed by atoms with van der Waals surface area (Å²) in [6.07, 6.45) is 2.14. The fourth-order valence-electron chi connectivity index (χ4n) is 3.22. The molecule has 0 heterocycles. The molecule has 0 fully saturated rings. The number of para-hydroxylation sites is 2. The molecule has 35 heavy (non-hydrogen) atoms. The second-order valence-corrected chi connectivity index (χ2v) is 7.84. The molecule has 3 rings (SSSR count). The lowest BCUT2D eigenvalue weighted by Gasteiger charge is -2.11. The van der Waals surface area contributed by atoms with Gasteiger partial charge >= 0.3 is 11.8 Å². The molecule has 0 atom stereocenters. The molecule has 3 N–H and O–H groups in total. The summed E-state index contributed by atoms with van der Waals surface area (Å²) in [6.45, 7) is 5.70. The molecule has 3 amide bonds. The van der Waals surface area contributed by atoms with Crippen LogP contribution in [0, 0.1) is 13.8 Å². The van der Waals surface area contributed by atoms with Crippen molar-refractivity contribution in [2.75, 3.05) is 17.2 Å². The smallest absolute Gasteiger partial charge is 0.329 e. The third-order valence-electron chi connectivity index (χ3n) is 5.29. The van der Waals surface area contributed by atoms with Crippen LogP contribution in [-0.2, 0) is 20.8 Å². The Morgan fingerprint density at radius 1 is 0.886 bits per heavy atom. The third-order valence-corrected chi connectivity index (χ3v) is 5.29. The van der Waals surface area contributed by atoms with Gasteiger partial charge in [-0.1, -0.05) is 43.3 Å². The summed E-state index contributed by atoms with van der Waals surface area (Å²) in [7, 11) is 0. The number of aryl methyl sites for hydroxylation is 3. The number of ether oxygens (including phenoxy) is 1. The maximum Gasteiger partial charge on any atom is 0.329 e. The molecule has 0 saturated heterocycles. The van der Waals surface area contributed by atoms with Gasteiger partial charge in [0.25, 0.3) is 5.91 Å². The van der Waals surface area contributed by atoms with Crippen LogP contribution in [-0.4, -0.2) is 30.5 Å². The van der Waals surface area contributed by atoms with Crippen molar-refractivity contribution < 1.29 is 19.1 Å². The number of carbonyl (C=O) groups excluding carboxylic acids is 3. The summed E-state index contributed by atoms with van der Waals surface area (Å²) in [4.78, 5) is 36.6. The first-order valence-corrected chi connectivity index (χ1v) is 11.2. The molecule has 0 bridgehead atoms. The molecule has 0 aliphatic carbocycles. The van der Waals surface area contributed by atoms with Gasteiger partial charge in [-0.3, -0.25) is 14.4 Å². The molecular weight excluding hydrogens is 444 g/mol. The summed E-state index contributed by atoms with van der Waals surface area (Å²) in [5.74, 6) is -1.64. The van der Waals surface area contributed by atoms with E-state index in [2.05, 4.69) is 21.2 Å². The topological polar surface area (TPSA) is 109 Å². The highest BCUT2D eigenvalue weighted by molar-refractivity contribution is 6.39. The van der Waals surface area contributed by atoms with Crippen LogP contribution in [0.5, 0.6) is 5.75 Å². The molecule has 0 aromatic heterocycles. The molecule has 0 spiro atoms. The predicted molar refractivity (Wildman–Crippen MR) is 137 cm³/mol. The molecular formula is C27H28N4O4. The van der Waals surface area contributed by atoms with Gasteiger partial charge in [0, 0.05) is 16.9 Å². The number of nitrogens with one attached hydrogen (secondary N) is 3. The Morgan fingerprint density at radius 3 is 2.40 bits per heavy atom. The summed E-state index contributed by atoms with van der Waals surface area (Å²) < 4.78 is 5.65. The summed E-state index contributed by atoms with van der Waals surface area (Å²) in [5.41, 5.74) is 7.12. The van der Waals surface area contributed by atoms with Gasteiger partial charge in [-0.25, -0.2) is 5.43 Å². The minimum Gasteiger partial charge on any atom is -0.483 e. The van der Waals surface area contributed by atoms with Crippen molar-refractivity contribution in [3.05, 3.63) is 89.0 Å². The highest BCUT2D eigenvalue weighted by atomic mass is 16.5. The zero-order chi connectivity index (χ0) is 25.2. The van der Waals surface area contributed by atoms with Crippen molar-refractivity contribution >= 4 is 35.3 Å². The molecule has 0 aliphatic heterocycles. The van der Waals surface area contributed by atoms with Crippen molar-refractivity contribution in [2.24, 2.45) is 5.10 Å². The number of hydrogen-bond donors (Lipinski definition) is 3. The van der Waals surface area contributed by atoms with E-state index in [9.17, 15) is 14.4 Å². The van der Waals surface area contributed by atoms with Crippen LogP contribution in [0.4, 0.5) is 11.4 Å². The minimum atomic E-state index is -0.910. The number of rotatable bonds is 8. The lowest BCUT2D eigenvalue weighted by Crippen LogP contribution is -2.32. The molecule has 0 aliphatic rings. The van der Waals surface area contributed by atoms with Crippen LogP contribution in [0.2, 0.25) is 0 Å². The van der Waals surface area contributed by atoms with E-state index >= 15 is 0 Å². The zero-order valence-corrected chi connectivity index (χ0v) is 19.9. The Labute approximate surface area is 204 Å². The monoisotopic (exact) mass is 472 g/mol. The van der Waals surface area contributed by atoms with Crippen molar-refractivity contribution in [2.45, 2.75) is 27.2 Å². The standard InChI is InChI=1S/C27H28N4O4/c1-4-20-9-5-7-11-23(20)30-25(32)17-35-24-12-8-6-10-21(24)16-28-31-27(34)26(33)29-22-14-13-18(2)19(3)15-22/h5-16H,4,17H2,1-3H3,(H,29,33)(H,30,32)(H,31,34)/b28-16-. The minimum absolute atomic E-state index is 0.201. The highest BCUT2D eigenvalue weighted by Crippen LogP contribution is 2.18. The Morgan fingerprint density at radius 2 is 1.63 bits per heavy atom. The number of carbonyl (C=O) groups is 3. The molecule has 0 unspecified atom stereocenters. The van der Waals surface area contributed by atoms with E-state index in [1.807, 2.05) is 51.1 Å². The lowest BCUT2D eigenvalue weighted by atomic mass is 10.1. The first-order chi connectivity index (χ1) is 16.9. The van der Waals surface area contributed by atoms with E-state index in [0.717, 1.165) is 28.8 Å². The van der Waals surface area contributed by atoms with Crippen LogP contribution in [0.25, 0.3) is 0 Å². The Hall–Kier alpha value is -4.46. The van der Waals surface area contributed by atoms with E-state index in [1.165, 1.54) is 6.21 Å². The van der Waals surface area contributed by atoms with E-state index in [4.69, 9.17) is 4.74 Å². The number of benzene rings is 3. The number of amides is 3. The summed E-state index contributed by atoms with van der Waals surface area (Å²) >= 11 is 0. The van der Waals surface area contributed by atoms with Gasteiger partial charge in [-0.15, -0.1) is 0 Å². The number of nitrogens with zero attached hydrogens (tertiary/aromatic N) is 1. The molecule has 3 aromatic carbocycles. The van der Waals surface area contributed by atoms with Gasteiger partial charge in [0.2, 0.25) is 0 Å². The average molecular weight is 473 g/mol. The maximum atomic E-state index is 12.4. The summed E-state index contributed by atoms with van der Waals surface area (Å²) in [5, 5.41) is 9.23. The van der Waals surface area contributed by atoms with E-state index in [0.29, 0.717) is 17.0 Å². The van der Waals surface area contributed by atoms with Gasteiger partial charge < -0.3 is 15.4 Å². The van der Waals surface area contributed by atoms with E-state index in [-0.39, 0.29) is 12.5 Å². The molecule has 0 radical (unpaired) electrons. The zero-order valence-electron chi connectivity index (χ0n) is 19.9. The molecule has 180 valence electrons. The van der Waals surface area contributed by atoms with Gasteiger partial charge in [0.1, 0.15) is 5.75 Å². The van der Waals surface area contributed by atoms with E-state index in [1.54, 1.807) is 36.4 Å². The second kappa shape index (κ2) is 12.1. The van der Waals surface area contributed by atoms with Gasteiger partial charge in [0.05, 0.1) is 6.21 Å². The fraction of sp³-hybridized carbons (Fsp3) is 0.185. The predicted octanol–water partition coefficient (Wildman–Crippen LogP) is 3.97. The third kappa shape index (κ3) is 7.26. The molecule has 3 aromatic rings. The SMILES string of the molecule is CCc1ccccc1NC(=O)COc1ccccc1/C=N\NC(=O)C(=O)Nc1ccc(C)c(C)c1. The first-order valence-electron chi connectivity index (χ1n) is 11.2. The van der Waals surface area contributed by atoms with Crippen LogP contribution in [0.1, 0.15) is 29.2 Å². The van der Waals surface area contributed by atoms with Crippen LogP contribution in [0.15, 0.2) is 71.8 Å². The van der Waals surface area contributed by atoms with Crippen molar-refractivity contribution in [1.82, 2.24) is 5.43 Å². The molecule has 8 heteroatoms. The number of hydrogen-bond acceptors (Lipinski definition) is 5. The van der Waals surface area contributed by atoms with Crippen molar-refractivity contribution in [3.63, 3.8) is 0 Å². The average Bonchev–Trinajstić information content (AvgIpc) is 2.86. The largest absolute Gasteiger partial charge is 0.483 e. The second-order valence-electron chi connectivity index (χ2n) is 7.84. The van der Waals surface area contributed by atoms with Gasteiger partial charge in [-0.2, -0.15) is 5.10 Å². The quantitative estimate of drug-likeness (QED) is 0.262. The van der Waals surface area contributed by atoms with Gasteiger partial charge in [0.15, 0.2) is 6.61 Å². The lowest BCUT2D eigenvalue weighted by molar-refractivity contribution is -0.136. The van der Waals surface area contributed by atoms with Crippen LogP contribution >= 0.6 is 0 Å². The number of hydrazone groups is 1. The van der Waals surface area contributed by atoms with Crippen LogP contribution in [0.3, 0.4) is 0 Å². The maximum absolute atomic E-state index is 12.4. The van der Waals surface area contributed by atoms with E-state index < -0.39 is 11.8 Å². The number of anilines is 2. The fourth-order valence-corrected chi connectivity index (χ4v) is 3.22. The summed E-state index contributed by atoms with van der Waals surface area (Å²) in [6, 6.07) is 19.9. The van der Waals surface area contributed by atoms with Crippen molar-refractivity contribution in [1.29, 1.82) is 0 Å². The molecule has 0 saturated carbocycles. The van der Waals surface area contributed by atoms with Gasteiger partial charge in [-0.05, 0) is 67.3 Å². The Bertz CT molecular complexity index is 1250. The highest BCUT2D eigenvalue weighted by Gasteiger charge is 2.13. The van der Waals surface area contributed by atoms with Crippen LogP contribution < -0.4 is 20.8 Å². The van der Waals surface area contributed by atoms with Crippen molar-refractivity contribution in [3.8, 4) is 5.75 Å². The Kier molecular flexibility index (Phi) is 8.72. The molecule has 8 nitrogen and oxygen atoms in total. The first kappa shape index (κ1) is 25.2. The normalized spacial score (nSPS) is 10.6.